The van der Waals surface area contributed by atoms with E-state index in [0.717, 1.165) is 10.4 Å². The van der Waals surface area contributed by atoms with Crippen LogP contribution in [-0.4, -0.2) is 21.1 Å². The molecule has 0 bridgehead atoms. The molecule has 0 atom stereocenters. The summed E-state index contributed by atoms with van der Waals surface area (Å²) in [5.41, 5.74) is 1.86. The smallest absolute Gasteiger partial charge is 0.339 e. The van der Waals surface area contributed by atoms with E-state index in [1.54, 1.807) is 19.1 Å². The Kier molecular flexibility index (Phi) is 4.88. The largest absolute Gasteiger partial charge is 0.452 e. The van der Waals surface area contributed by atoms with Crippen molar-refractivity contribution >= 4 is 28.8 Å². The van der Waals surface area contributed by atoms with Gasteiger partial charge in [-0.25, -0.2) is 9.78 Å². The second-order valence-electron chi connectivity index (χ2n) is 5.67. The minimum Gasteiger partial charge on any atom is -0.452 e. The van der Waals surface area contributed by atoms with Crippen LogP contribution in [0.25, 0.3) is 11.1 Å². The monoisotopic (exact) mass is 381 g/mol. The predicted octanol–water partition coefficient (Wildman–Crippen LogP) is 4.17. The lowest BCUT2D eigenvalue weighted by atomic mass is 10.2. The third-order valence-corrected chi connectivity index (χ3v) is 4.75. The van der Waals surface area contributed by atoms with Gasteiger partial charge in [0.25, 0.3) is 0 Å². The highest BCUT2D eigenvalue weighted by Crippen LogP contribution is 2.26. The molecule has 0 saturated heterocycles. The number of fused-ring (bicyclic) bond motifs is 1. The maximum absolute atomic E-state index is 12.5. The molecule has 4 aromatic rings. The molecular formula is C19H15N3O4S. The summed E-state index contributed by atoms with van der Waals surface area (Å²) in [6.45, 7) is 1.73. The first-order valence-corrected chi connectivity index (χ1v) is 9.20. The molecule has 0 radical (unpaired) electrons. The van der Waals surface area contributed by atoms with Crippen molar-refractivity contribution in [2.45, 2.75) is 24.2 Å². The molecule has 8 heteroatoms. The van der Waals surface area contributed by atoms with E-state index < -0.39 is 5.97 Å². The number of hydrogen-bond acceptors (Lipinski definition) is 8. The van der Waals surface area contributed by atoms with Gasteiger partial charge in [-0.1, -0.05) is 29.4 Å². The number of nitrogens with zero attached hydrogens (tertiary/aromatic N) is 3. The molecule has 0 aliphatic carbocycles. The summed E-state index contributed by atoms with van der Waals surface area (Å²) < 4.78 is 16.1. The van der Waals surface area contributed by atoms with Crippen molar-refractivity contribution in [3.8, 4) is 0 Å². The molecule has 2 aromatic carbocycles. The Morgan fingerprint density at radius 3 is 2.70 bits per heavy atom. The number of para-hydroxylation sites is 2. The average molecular weight is 381 g/mol. The van der Waals surface area contributed by atoms with E-state index in [0.29, 0.717) is 34.5 Å². The van der Waals surface area contributed by atoms with Gasteiger partial charge in [-0.2, -0.15) is 4.98 Å². The fourth-order valence-corrected chi connectivity index (χ4v) is 3.36. The highest BCUT2D eigenvalue weighted by Gasteiger charge is 2.16. The topological polar surface area (TPSA) is 91.2 Å². The van der Waals surface area contributed by atoms with Crippen LogP contribution in [0.4, 0.5) is 0 Å². The van der Waals surface area contributed by atoms with Crippen molar-refractivity contribution in [3.63, 3.8) is 0 Å². The summed E-state index contributed by atoms with van der Waals surface area (Å²) in [4.78, 5) is 21.8. The van der Waals surface area contributed by atoms with E-state index in [-0.39, 0.29) is 6.61 Å². The standard InChI is InChI=1S/C19H15N3O4S/c1-12-20-18(26-22-12)11-27-16-9-5-2-6-13(16)19(23)24-10-17-21-14-7-3-4-8-15(14)25-17/h2-9H,10-11H2,1H3. The molecule has 2 aromatic heterocycles. The summed E-state index contributed by atoms with van der Waals surface area (Å²) in [7, 11) is 0. The minimum atomic E-state index is -0.443. The molecule has 4 rings (SSSR count). The molecular weight excluding hydrogens is 366 g/mol. The number of thioether (sulfide) groups is 1. The number of ether oxygens (including phenoxy) is 1. The Labute approximate surface area is 158 Å². The summed E-state index contributed by atoms with van der Waals surface area (Å²) in [6, 6.07) is 14.6. The first-order chi connectivity index (χ1) is 13.2. The summed E-state index contributed by atoms with van der Waals surface area (Å²) >= 11 is 1.43. The molecule has 0 unspecified atom stereocenters. The molecule has 136 valence electrons. The molecule has 7 nitrogen and oxygen atoms in total. The zero-order valence-electron chi connectivity index (χ0n) is 14.4. The van der Waals surface area contributed by atoms with E-state index in [9.17, 15) is 4.79 Å². The van der Waals surface area contributed by atoms with Gasteiger partial charge in [0.2, 0.25) is 11.8 Å². The molecule has 2 heterocycles. The number of hydrogen-bond donors (Lipinski definition) is 0. The lowest BCUT2D eigenvalue weighted by molar-refractivity contribution is 0.0436. The van der Waals surface area contributed by atoms with Crippen LogP contribution in [0.15, 0.2) is 62.4 Å². The number of benzene rings is 2. The van der Waals surface area contributed by atoms with Crippen molar-refractivity contribution in [2.75, 3.05) is 0 Å². The average Bonchev–Trinajstić information content (AvgIpc) is 3.30. The Morgan fingerprint density at radius 2 is 1.89 bits per heavy atom. The van der Waals surface area contributed by atoms with E-state index in [1.807, 2.05) is 36.4 Å². The normalized spacial score (nSPS) is 11.0. The van der Waals surface area contributed by atoms with Gasteiger partial charge >= 0.3 is 5.97 Å². The lowest BCUT2D eigenvalue weighted by Crippen LogP contribution is -2.07. The number of carbonyl (C=O) groups excluding carboxylic acids is 1. The first kappa shape index (κ1) is 17.3. The fraction of sp³-hybridized carbons (Fsp3) is 0.158. The highest BCUT2D eigenvalue weighted by molar-refractivity contribution is 7.98. The van der Waals surface area contributed by atoms with E-state index in [2.05, 4.69) is 15.1 Å². The SMILES string of the molecule is Cc1noc(CSc2ccccc2C(=O)OCc2nc3ccccc3o2)n1. The maximum Gasteiger partial charge on any atom is 0.339 e. The number of esters is 1. The fourth-order valence-electron chi connectivity index (χ4n) is 2.49. The van der Waals surface area contributed by atoms with Crippen LogP contribution in [-0.2, 0) is 17.1 Å². The number of aromatic nitrogens is 3. The van der Waals surface area contributed by atoms with Gasteiger partial charge in [0.05, 0.1) is 11.3 Å². The van der Waals surface area contributed by atoms with Crippen LogP contribution in [0, 0.1) is 6.92 Å². The first-order valence-electron chi connectivity index (χ1n) is 8.21. The Balaban J connectivity index is 1.43. The van der Waals surface area contributed by atoms with Gasteiger partial charge in [-0.3, -0.25) is 0 Å². The lowest BCUT2D eigenvalue weighted by Gasteiger charge is -2.07. The predicted molar refractivity (Wildman–Crippen MR) is 98.2 cm³/mol. The summed E-state index contributed by atoms with van der Waals surface area (Å²) in [5.74, 6) is 1.47. The molecule has 0 saturated carbocycles. The van der Waals surface area contributed by atoms with Crippen molar-refractivity contribution < 1.29 is 18.5 Å². The van der Waals surface area contributed by atoms with Gasteiger partial charge in [-0.05, 0) is 31.2 Å². The quantitative estimate of drug-likeness (QED) is 0.363. The summed E-state index contributed by atoms with van der Waals surface area (Å²) in [6.07, 6.45) is 0. The molecule has 0 spiro atoms. The van der Waals surface area contributed by atoms with Crippen LogP contribution in [0.5, 0.6) is 0 Å². The van der Waals surface area contributed by atoms with E-state index in [1.165, 1.54) is 11.8 Å². The molecule has 0 fully saturated rings. The zero-order chi connectivity index (χ0) is 18.6. The number of oxazole rings is 1. The van der Waals surface area contributed by atoms with E-state index in [4.69, 9.17) is 13.7 Å². The Bertz CT molecular complexity index is 1060. The van der Waals surface area contributed by atoms with Gasteiger partial charge in [0.1, 0.15) is 5.52 Å². The Morgan fingerprint density at radius 1 is 1.07 bits per heavy atom. The molecule has 0 amide bonds. The van der Waals surface area contributed by atoms with Gasteiger partial charge < -0.3 is 13.7 Å². The van der Waals surface area contributed by atoms with Crippen molar-refractivity contribution in [3.05, 3.63) is 71.7 Å². The van der Waals surface area contributed by atoms with Crippen molar-refractivity contribution in [1.29, 1.82) is 0 Å². The van der Waals surface area contributed by atoms with Crippen LogP contribution in [0.2, 0.25) is 0 Å². The molecule has 0 aliphatic heterocycles. The maximum atomic E-state index is 12.5. The van der Waals surface area contributed by atoms with Crippen molar-refractivity contribution in [1.82, 2.24) is 15.1 Å². The van der Waals surface area contributed by atoms with Crippen LogP contribution >= 0.6 is 11.8 Å². The third-order valence-electron chi connectivity index (χ3n) is 3.69. The molecule has 0 N–H and O–H groups in total. The zero-order valence-corrected chi connectivity index (χ0v) is 15.2. The molecule has 27 heavy (non-hydrogen) atoms. The highest BCUT2D eigenvalue weighted by atomic mass is 32.2. The third kappa shape index (κ3) is 4.01. The van der Waals surface area contributed by atoms with Crippen LogP contribution in [0.3, 0.4) is 0 Å². The minimum absolute atomic E-state index is 0.0324. The van der Waals surface area contributed by atoms with Crippen LogP contribution < -0.4 is 0 Å². The van der Waals surface area contributed by atoms with Gasteiger partial charge in [-0.15, -0.1) is 11.8 Å². The molecule has 0 aliphatic rings. The number of aryl methyl sites for hydroxylation is 1. The number of carbonyl (C=O) groups is 1. The summed E-state index contributed by atoms with van der Waals surface area (Å²) in [5, 5.41) is 3.76. The second-order valence-corrected chi connectivity index (χ2v) is 6.69. The van der Waals surface area contributed by atoms with E-state index >= 15 is 0 Å². The van der Waals surface area contributed by atoms with Gasteiger partial charge in [0, 0.05) is 4.90 Å². The van der Waals surface area contributed by atoms with Crippen molar-refractivity contribution in [2.24, 2.45) is 0 Å². The number of rotatable bonds is 6. The van der Waals surface area contributed by atoms with Gasteiger partial charge in [0.15, 0.2) is 18.0 Å². The second kappa shape index (κ2) is 7.63. The van der Waals surface area contributed by atoms with Crippen LogP contribution in [0.1, 0.15) is 28.0 Å². The Hall–Kier alpha value is -3.13.